The Hall–Kier alpha value is -1.69. The van der Waals surface area contributed by atoms with E-state index in [9.17, 15) is 4.79 Å². The molecule has 0 bridgehead atoms. The Labute approximate surface area is 138 Å². The lowest BCUT2D eigenvalue weighted by Gasteiger charge is -2.20. The second kappa shape index (κ2) is 7.25. The van der Waals surface area contributed by atoms with Crippen LogP contribution < -0.4 is 5.32 Å². The molecular weight excluding hydrogens is 290 g/mol. The first kappa shape index (κ1) is 16.2. The van der Waals surface area contributed by atoms with Crippen molar-refractivity contribution >= 4 is 11.7 Å². The molecule has 1 aromatic heterocycles. The van der Waals surface area contributed by atoms with E-state index in [1.807, 2.05) is 4.90 Å². The van der Waals surface area contributed by atoms with Crippen LogP contribution in [-0.4, -0.2) is 64.4 Å². The first-order valence-corrected chi connectivity index (χ1v) is 8.72. The highest BCUT2D eigenvalue weighted by Crippen LogP contribution is 2.19. The van der Waals surface area contributed by atoms with Gasteiger partial charge in [-0.25, -0.2) is 4.98 Å². The highest BCUT2D eigenvalue weighted by Gasteiger charge is 2.24. The van der Waals surface area contributed by atoms with E-state index in [1.54, 1.807) is 12.4 Å². The average molecular weight is 317 g/mol. The van der Waals surface area contributed by atoms with Gasteiger partial charge in [0, 0.05) is 32.2 Å². The fourth-order valence-electron chi connectivity index (χ4n) is 3.38. The summed E-state index contributed by atoms with van der Waals surface area (Å²) < 4.78 is 0. The third-order valence-electron chi connectivity index (χ3n) is 4.87. The summed E-state index contributed by atoms with van der Waals surface area (Å²) in [4.78, 5) is 25.4. The average Bonchev–Trinajstić information content (AvgIpc) is 3.24. The topological polar surface area (TPSA) is 61.4 Å². The minimum Gasteiger partial charge on any atom is -0.368 e. The number of nitrogens with zero attached hydrogens (tertiary/aromatic N) is 4. The van der Waals surface area contributed by atoms with Crippen LogP contribution in [0.4, 0.5) is 5.82 Å². The number of hydrogen-bond acceptors (Lipinski definition) is 5. The smallest absolute Gasteiger partial charge is 0.274 e. The Morgan fingerprint density at radius 1 is 1.30 bits per heavy atom. The summed E-state index contributed by atoms with van der Waals surface area (Å²) in [5.41, 5.74) is 0.451. The number of likely N-dealkylation sites (tertiary alicyclic amines) is 2. The zero-order valence-corrected chi connectivity index (χ0v) is 14.2. The van der Waals surface area contributed by atoms with Crippen molar-refractivity contribution in [2.75, 3.05) is 38.0 Å². The van der Waals surface area contributed by atoms with Crippen LogP contribution in [0.3, 0.4) is 0 Å². The molecule has 3 rings (SSSR count). The van der Waals surface area contributed by atoms with Crippen LogP contribution in [0, 0.1) is 5.92 Å². The molecule has 1 atom stereocenters. The van der Waals surface area contributed by atoms with Gasteiger partial charge >= 0.3 is 0 Å². The lowest BCUT2D eigenvalue weighted by molar-refractivity contribution is 0.0786. The van der Waals surface area contributed by atoms with Gasteiger partial charge in [-0.05, 0) is 45.6 Å². The summed E-state index contributed by atoms with van der Waals surface area (Å²) >= 11 is 0. The van der Waals surface area contributed by atoms with Gasteiger partial charge < -0.3 is 15.1 Å². The molecule has 2 saturated heterocycles. The van der Waals surface area contributed by atoms with Crippen molar-refractivity contribution in [3.05, 3.63) is 18.1 Å². The number of amides is 1. The Bertz CT molecular complexity index is 542. The number of anilines is 1. The van der Waals surface area contributed by atoms with Crippen LogP contribution in [0.15, 0.2) is 12.4 Å². The number of aromatic nitrogens is 2. The standard InChI is InChI=1S/C17H27N5O/c1-13(2)22-8-5-14(12-22)9-19-16-11-18-10-15(20-16)17(23)21-6-3-4-7-21/h10-11,13-14H,3-9,12H2,1-2H3,(H,19,20). The number of hydrogen-bond donors (Lipinski definition) is 1. The van der Waals surface area contributed by atoms with Gasteiger partial charge in [0.25, 0.3) is 5.91 Å². The van der Waals surface area contributed by atoms with Crippen LogP contribution >= 0.6 is 0 Å². The van der Waals surface area contributed by atoms with Gasteiger partial charge in [-0.1, -0.05) is 0 Å². The van der Waals surface area contributed by atoms with Gasteiger partial charge in [0.15, 0.2) is 0 Å². The Kier molecular flexibility index (Phi) is 5.10. The molecule has 1 amide bonds. The van der Waals surface area contributed by atoms with Gasteiger partial charge in [-0.15, -0.1) is 0 Å². The molecular formula is C17H27N5O. The number of carbonyl (C=O) groups excluding carboxylic acids is 1. The van der Waals surface area contributed by atoms with Gasteiger partial charge in [0.05, 0.1) is 12.4 Å². The summed E-state index contributed by atoms with van der Waals surface area (Å²) in [5, 5.41) is 3.36. The SMILES string of the molecule is CC(C)N1CCC(CNc2cncc(C(=O)N3CCCC3)n2)C1. The predicted molar refractivity (Wildman–Crippen MR) is 90.5 cm³/mol. The van der Waals surface area contributed by atoms with Crippen LogP contribution in [0.5, 0.6) is 0 Å². The molecule has 3 heterocycles. The van der Waals surface area contributed by atoms with Crippen molar-refractivity contribution in [2.24, 2.45) is 5.92 Å². The van der Waals surface area contributed by atoms with Crippen LogP contribution in [0.25, 0.3) is 0 Å². The van der Waals surface area contributed by atoms with Gasteiger partial charge in [-0.3, -0.25) is 9.78 Å². The van der Waals surface area contributed by atoms with Crippen LogP contribution in [0.1, 0.15) is 43.6 Å². The molecule has 0 aromatic carbocycles. The zero-order chi connectivity index (χ0) is 16.2. The molecule has 6 heteroatoms. The molecule has 2 fully saturated rings. The van der Waals surface area contributed by atoms with Crippen molar-refractivity contribution in [3.8, 4) is 0 Å². The summed E-state index contributed by atoms with van der Waals surface area (Å²) in [6.07, 6.45) is 6.67. The lowest BCUT2D eigenvalue weighted by Crippen LogP contribution is -2.29. The Morgan fingerprint density at radius 2 is 2.09 bits per heavy atom. The van der Waals surface area contributed by atoms with Gasteiger partial charge in [0.2, 0.25) is 0 Å². The van der Waals surface area contributed by atoms with E-state index in [-0.39, 0.29) is 5.91 Å². The van der Waals surface area contributed by atoms with E-state index in [1.165, 1.54) is 13.0 Å². The second-order valence-electron chi connectivity index (χ2n) is 6.91. The van der Waals surface area contributed by atoms with Gasteiger partial charge in [-0.2, -0.15) is 0 Å². The number of nitrogens with one attached hydrogen (secondary N) is 1. The van der Waals surface area contributed by atoms with Crippen LogP contribution in [0.2, 0.25) is 0 Å². The summed E-state index contributed by atoms with van der Waals surface area (Å²) in [5.74, 6) is 1.35. The molecule has 1 aromatic rings. The monoisotopic (exact) mass is 317 g/mol. The third-order valence-corrected chi connectivity index (χ3v) is 4.87. The first-order valence-electron chi connectivity index (χ1n) is 8.72. The van der Waals surface area contributed by atoms with E-state index in [0.717, 1.165) is 39.0 Å². The quantitative estimate of drug-likeness (QED) is 0.898. The highest BCUT2D eigenvalue weighted by molar-refractivity contribution is 5.92. The molecule has 2 aliphatic heterocycles. The van der Waals surface area contributed by atoms with E-state index in [0.29, 0.717) is 23.5 Å². The summed E-state index contributed by atoms with van der Waals surface area (Å²) in [6.45, 7) is 9.35. The zero-order valence-electron chi connectivity index (χ0n) is 14.2. The maximum absolute atomic E-state index is 12.4. The van der Waals surface area contributed by atoms with Crippen molar-refractivity contribution in [3.63, 3.8) is 0 Å². The highest BCUT2D eigenvalue weighted by atomic mass is 16.2. The number of carbonyl (C=O) groups is 1. The second-order valence-corrected chi connectivity index (χ2v) is 6.91. The normalized spacial score (nSPS) is 22.0. The Balaban J connectivity index is 1.54. The molecule has 6 nitrogen and oxygen atoms in total. The van der Waals surface area contributed by atoms with Crippen molar-refractivity contribution in [1.82, 2.24) is 19.8 Å². The van der Waals surface area contributed by atoms with Gasteiger partial charge in [0.1, 0.15) is 11.5 Å². The minimum atomic E-state index is 0.00509. The molecule has 0 saturated carbocycles. The van der Waals surface area contributed by atoms with Crippen LogP contribution in [-0.2, 0) is 0 Å². The maximum Gasteiger partial charge on any atom is 0.274 e. The predicted octanol–water partition coefficient (Wildman–Crippen LogP) is 1.85. The minimum absolute atomic E-state index is 0.00509. The molecule has 0 radical (unpaired) electrons. The van der Waals surface area contributed by atoms with Crippen molar-refractivity contribution in [2.45, 2.75) is 39.2 Å². The first-order chi connectivity index (χ1) is 11.1. The summed E-state index contributed by atoms with van der Waals surface area (Å²) in [7, 11) is 0. The summed E-state index contributed by atoms with van der Waals surface area (Å²) in [6, 6.07) is 0.612. The van der Waals surface area contributed by atoms with E-state index >= 15 is 0 Å². The van der Waals surface area contributed by atoms with Crippen molar-refractivity contribution in [1.29, 1.82) is 0 Å². The molecule has 126 valence electrons. The molecule has 23 heavy (non-hydrogen) atoms. The van der Waals surface area contributed by atoms with E-state index in [2.05, 4.69) is 34.0 Å². The van der Waals surface area contributed by atoms with E-state index in [4.69, 9.17) is 0 Å². The number of rotatable bonds is 5. The van der Waals surface area contributed by atoms with E-state index < -0.39 is 0 Å². The third kappa shape index (κ3) is 3.99. The fourth-order valence-corrected chi connectivity index (χ4v) is 3.38. The molecule has 1 N–H and O–H groups in total. The molecule has 0 aliphatic carbocycles. The maximum atomic E-state index is 12.4. The Morgan fingerprint density at radius 3 is 2.78 bits per heavy atom. The largest absolute Gasteiger partial charge is 0.368 e. The van der Waals surface area contributed by atoms with Crippen molar-refractivity contribution < 1.29 is 4.79 Å². The molecule has 2 aliphatic rings. The fraction of sp³-hybridized carbons (Fsp3) is 0.706. The molecule has 0 spiro atoms. The molecule has 1 unspecified atom stereocenters. The lowest BCUT2D eigenvalue weighted by atomic mass is 10.1.